The highest BCUT2D eigenvalue weighted by molar-refractivity contribution is 5.94. The summed E-state index contributed by atoms with van der Waals surface area (Å²) in [4.78, 5) is 33.8. The molecule has 0 atom stereocenters. The maximum atomic E-state index is 12.7. The first-order valence-corrected chi connectivity index (χ1v) is 12.8. The van der Waals surface area contributed by atoms with E-state index in [1.165, 1.54) is 5.56 Å². The molecule has 4 heterocycles. The van der Waals surface area contributed by atoms with Crippen molar-refractivity contribution in [2.24, 2.45) is 0 Å². The van der Waals surface area contributed by atoms with Crippen LogP contribution < -0.4 is 15.6 Å². The molecule has 3 aromatic heterocycles. The smallest absolute Gasteiger partial charge is 0.259 e. The summed E-state index contributed by atoms with van der Waals surface area (Å²) < 4.78 is 10.4. The van der Waals surface area contributed by atoms with Gasteiger partial charge in [0.05, 0.1) is 37.2 Å². The molecule has 5 rings (SSSR count). The zero-order chi connectivity index (χ0) is 26.3. The van der Waals surface area contributed by atoms with Crippen LogP contribution in [0.1, 0.15) is 5.56 Å². The second-order valence-electron chi connectivity index (χ2n) is 9.32. The van der Waals surface area contributed by atoms with Gasteiger partial charge in [0.2, 0.25) is 5.88 Å². The second kappa shape index (κ2) is 12.1. The maximum absolute atomic E-state index is 12.7. The summed E-state index contributed by atoms with van der Waals surface area (Å²) >= 11 is 0. The fraction of sp³-hybridized carbons (Fsp3) is 0.357. The lowest BCUT2D eigenvalue weighted by molar-refractivity contribution is 0.0976. The van der Waals surface area contributed by atoms with E-state index < -0.39 is 0 Å². The van der Waals surface area contributed by atoms with Gasteiger partial charge in [-0.15, -0.1) is 0 Å². The van der Waals surface area contributed by atoms with Gasteiger partial charge in [0.1, 0.15) is 11.5 Å². The SMILES string of the molecule is COCCN1CCN(CCc2ccc(Nc3nc(-c4cncc(OC)n4)cc4cc[nH]c(=O)c34)cc2)CC1. The van der Waals surface area contributed by atoms with Crippen LogP contribution in [-0.2, 0) is 11.2 Å². The number of H-pyrrole nitrogens is 1. The molecule has 0 radical (unpaired) electrons. The van der Waals surface area contributed by atoms with Crippen LogP contribution in [0.25, 0.3) is 22.2 Å². The molecule has 1 aliphatic rings. The number of benzene rings is 1. The molecular weight excluding hydrogens is 482 g/mol. The van der Waals surface area contributed by atoms with E-state index in [1.807, 2.05) is 24.3 Å². The molecule has 1 aromatic carbocycles. The van der Waals surface area contributed by atoms with Crippen LogP contribution in [-0.4, -0.2) is 89.8 Å². The first kappa shape index (κ1) is 25.8. The Morgan fingerprint density at radius 3 is 2.45 bits per heavy atom. The van der Waals surface area contributed by atoms with Crippen LogP contribution in [0.3, 0.4) is 0 Å². The quantitative estimate of drug-likeness (QED) is 0.330. The van der Waals surface area contributed by atoms with Crippen molar-refractivity contribution >= 4 is 22.3 Å². The van der Waals surface area contributed by atoms with Crippen molar-refractivity contribution in [1.29, 1.82) is 0 Å². The van der Waals surface area contributed by atoms with Gasteiger partial charge < -0.3 is 24.7 Å². The van der Waals surface area contributed by atoms with Crippen LogP contribution >= 0.6 is 0 Å². The Morgan fingerprint density at radius 1 is 0.947 bits per heavy atom. The van der Waals surface area contributed by atoms with Crippen molar-refractivity contribution in [3.05, 3.63) is 70.9 Å². The minimum absolute atomic E-state index is 0.209. The van der Waals surface area contributed by atoms with Crippen molar-refractivity contribution in [3.63, 3.8) is 0 Å². The number of anilines is 2. The van der Waals surface area contributed by atoms with E-state index in [1.54, 1.807) is 32.8 Å². The fourth-order valence-electron chi connectivity index (χ4n) is 4.64. The van der Waals surface area contributed by atoms with Gasteiger partial charge in [-0.2, -0.15) is 0 Å². The highest BCUT2D eigenvalue weighted by atomic mass is 16.5. The molecule has 10 nitrogen and oxygen atoms in total. The Balaban J connectivity index is 1.29. The Morgan fingerprint density at radius 2 is 1.71 bits per heavy atom. The number of hydrogen-bond acceptors (Lipinski definition) is 9. The second-order valence-corrected chi connectivity index (χ2v) is 9.32. The van der Waals surface area contributed by atoms with Crippen LogP contribution in [0.15, 0.2) is 59.8 Å². The zero-order valence-electron chi connectivity index (χ0n) is 21.8. The third-order valence-corrected chi connectivity index (χ3v) is 6.85. The van der Waals surface area contributed by atoms with E-state index in [4.69, 9.17) is 14.5 Å². The Hall–Kier alpha value is -3.86. The highest BCUT2D eigenvalue weighted by Gasteiger charge is 2.16. The number of aromatic amines is 1. The molecular formula is C28H33N7O3. The molecule has 1 fully saturated rings. The summed E-state index contributed by atoms with van der Waals surface area (Å²) in [5, 5.41) is 4.59. The summed E-state index contributed by atoms with van der Waals surface area (Å²) in [6, 6.07) is 12.0. The molecule has 2 N–H and O–H groups in total. The average Bonchev–Trinajstić information content (AvgIpc) is 2.96. The van der Waals surface area contributed by atoms with Crippen molar-refractivity contribution in [1.82, 2.24) is 29.7 Å². The molecule has 198 valence electrons. The number of aromatic nitrogens is 4. The highest BCUT2D eigenvalue weighted by Crippen LogP contribution is 2.27. The molecule has 0 spiro atoms. The minimum Gasteiger partial charge on any atom is -0.480 e. The monoisotopic (exact) mass is 515 g/mol. The summed E-state index contributed by atoms with van der Waals surface area (Å²) in [6.45, 7) is 7.19. The molecule has 0 saturated carbocycles. The molecule has 1 saturated heterocycles. The first-order valence-electron chi connectivity index (χ1n) is 12.8. The lowest BCUT2D eigenvalue weighted by Crippen LogP contribution is -2.47. The standard InChI is InChI=1S/C28H33N7O3/c1-37-16-15-35-13-11-34(12-14-35)10-8-20-3-5-22(6-4-20)31-27-26-21(7-9-30-28(26)36)17-23(33-27)24-18-29-19-25(32-24)38-2/h3-7,9,17-19H,8,10-16H2,1-2H3,(H,30,36)(H,31,33). The zero-order valence-corrected chi connectivity index (χ0v) is 21.8. The summed E-state index contributed by atoms with van der Waals surface area (Å²) in [7, 11) is 3.30. The first-order chi connectivity index (χ1) is 18.6. The number of ether oxygens (including phenoxy) is 2. The Labute approximate surface area is 221 Å². The lowest BCUT2D eigenvalue weighted by Gasteiger charge is -2.34. The number of pyridine rings is 2. The lowest BCUT2D eigenvalue weighted by atomic mass is 10.1. The molecule has 38 heavy (non-hydrogen) atoms. The molecule has 4 aromatic rings. The van der Waals surface area contributed by atoms with Crippen molar-refractivity contribution < 1.29 is 9.47 Å². The number of nitrogens with one attached hydrogen (secondary N) is 2. The van der Waals surface area contributed by atoms with Gasteiger partial charge >= 0.3 is 0 Å². The van der Waals surface area contributed by atoms with E-state index in [0.717, 1.165) is 63.4 Å². The Kier molecular flexibility index (Phi) is 8.22. The van der Waals surface area contributed by atoms with Crippen LogP contribution in [0.5, 0.6) is 5.88 Å². The molecule has 10 heteroatoms. The van der Waals surface area contributed by atoms with Gasteiger partial charge in [-0.05, 0) is 41.6 Å². The summed E-state index contributed by atoms with van der Waals surface area (Å²) in [6.07, 6.45) is 5.79. The Bertz CT molecular complexity index is 1420. The molecule has 0 amide bonds. The van der Waals surface area contributed by atoms with Crippen molar-refractivity contribution in [3.8, 4) is 17.3 Å². The number of piperazine rings is 1. The summed E-state index contributed by atoms with van der Waals surface area (Å²) in [5.74, 6) is 0.858. The van der Waals surface area contributed by atoms with Gasteiger partial charge in [-0.25, -0.2) is 9.97 Å². The average molecular weight is 516 g/mol. The fourth-order valence-corrected chi connectivity index (χ4v) is 4.64. The third-order valence-electron chi connectivity index (χ3n) is 6.85. The predicted molar refractivity (Wildman–Crippen MR) is 148 cm³/mol. The molecule has 0 aliphatic carbocycles. The van der Waals surface area contributed by atoms with Gasteiger partial charge in [-0.1, -0.05) is 12.1 Å². The maximum Gasteiger partial charge on any atom is 0.259 e. The largest absolute Gasteiger partial charge is 0.480 e. The van der Waals surface area contributed by atoms with Crippen molar-refractivity contribution in [2.75, 3.05) is 65.4 Å². The van der Waals surface area contributed by atoms with Crippen LogP contribution in [0.2, 0.25) is 0 Å². The van der Waals surface area contributed by atoms with Crippen molar-refractivity contribution in [2.45, 2.75) is 6.42 Å². The van der Waals surface area contributed by atoms with E-state index in [9.17, 15) is 4.79 Å². The molecule has 1 aliphatic heterocycles. The number of hydrogen-bond donors (Lipinski definition) is 2. The topological polar surface area (TPSA) is 108 Å². The van der Waals surface area contributed by atoms with E-state index in [-0.39, 0.29) is 5.56 Å². The normalized spacial score (nSPS) is 14.6. The molecule has 0 unspecified atom stereocenters. The van der Waals surface area contributed by atoms with Crippen LogP contribution in [0, 0.1) is 0 Å². The van der Waals surface area contributed by atoms with Gasteiger partial charge in [0.15, 0.2) is 0 Å². The van der Waals surface area contributed by atoms with Gasteiger partial charge in [-0.3, -0.25) is 14.7 Å². The predicted octanol–water partition coefficient (Wildman–Crippen LogP) is 2.94. The number of rotatable bonds is 10. The van der Waals surface area contributed by atoms with Gasteiger partial charge in [0.25, 0.3) is 5.56 Å². The van der Waals surface area contributed by atoms with E-state index >= 15 is 0 Å². The minimum atomic E-state index is -0.209. The number of methoxy groups -OCH3 is 2. The van der Waals surface area contributed by atoms with Crippen LogP contribution in [0.4, 0.5) is 11.5 Å². The number of fused-ring (bicyclic) bond motifs is 1. The van der Waals surface area contributed by atoms with E-state index in [2.05, 4.69) is 42.2 Å². The third kappa shape index (κ3) is 6.16. The molecule has 0 bridgehead atoms. The van der Waals surface area contributed by atoms with E-state index in [0.29, 0.717) is 28.5 Å². The summed E-state index contributed by atoms with van der Waals surface area (Å²) in [5.41, 5.74) is 3.07. The van der Waals surface area contributed by atoms with Gasteiger partial charge in [0, 0.05) is 58.3 Å². The number of nitrogens with zero attached hydrogens (tertiary/aromatic N) is 5.